The first kappa shape index (κ1) is 12.1. The maximum Gasteiger partial charge on any atom is 0.253 e. The number of benzene rings is 1. The molecule has 0 atom stereocenters. The van der Waals surface area contributed by atoms with E-state index in [2.05, 4.69) is 26.1 Å². The van der Waals surface area contributed by atoms with Crippen LogP contribution in [0.5, 0.6) is 5.75 Å². The molecule has 5 nitrogen and oxygen atoms in total. The van der Waals surface area contributed by atoms with Crippen molar-refractivity contribution < 1.29 is 9.15 Å². The van der Waals surface area contributed by atoms with E-state index in [1.54, 1.807) is 6.92 Å². The molecule has 0 saturated carbocycles. The molecule has 2 N–H and O–H groups in total. The average Bonchev–Trinajstić information content (AvgIpc) is 2.73. The Bertz CT molecular complexity index is 513. The highest BCUT2D eigenvalue weighted by Gasteiger charge is 2.06. The first-order valence-electron chi connectivity index (χ1n) is 5.09. The van der Waals surface area contributed by atoms with E-state index in [1.165, 1.54) is 0 Å². The molecule has 0 radical (unpaired) electrons. The molecule has 0 amide bonds. The van der Waals surface area contributed by atoms with Crippen molar-refractivity contribution in [1.29, 1.82) is 0 Å². The lowest BCUT2D eigenvalue weighted by molar-refractivity contribution is 0.258. The monoisotopic (exact) mass is 297 g/mol. The van der Waals surface area contributed by atoms with E-state index in [4.69, 9.17) is 14.9 Å². The first-order valence-corrected chi connectivity index (χ1v) is 5.88. The van der Waals surface area contributed by atoms with Gasteiger partial charge in [-0.1, -0.05) is 15.9 Å². The Hall–Kier alpha value is -1.40. The Morgan fingerprint density at radius 1 is 1.41 bits per heavy atom. The van der Waals surface area contributed by atoms with Crippen LogP contribution in [0.4, 0.5) is 0 Å². The molecule has 0 fully saturated rings. The number of nitrogens with zero attached hydrogens (tertiary/aromatic N) is 2. The highest BCUT2D eigenvalue weighted by molar-refractivity contribution is 9.10. The largest absolute Gasteiger partial charge is 0.483 e. The fourth-order valence-electron chi connectivity index (χ4n) is 1.38. The van der Waals surface area contributed by atoms with Gasteiger partial charge in [0.05, 0.1) is 0 Å². The first-order chi connectivity index (χ1) is 8.19. The summed E-state index contributed by atoms with van der Waals surface area (Å²) < 4.78 is 11.8. The number of aryl methyl sites for hydroxylation is 1. The van der Waals surface area contributed by atoms with Crippen molar-refractivity contribution in [1.82, 2.24) is 10.2 Å². The number of ether oxygens (including phenoxy) is 1. The Kier molecular flexibility index (Phi) is 3.75. The molecule has 0 bridgehead atoms. The Balaban J connectivity index is 2.08. The molecule has 6 heteroatoms. The van der Waals surface area contributed by atoms with E-state index >= 15 is 0 Å². The summed E-state index contributed by atoms with van der Waals surface area (Å²) in [5.74, 6) is 1.71. The zero-order chi connectivity index (χ0) is 12.3. The van der Waals surface area contributed by atoms with Crippen molar-refractivity contribution in [2.75, 3.05) is 0 Å². The second kappa shape index (κ2) is 5.29. The molecule has 1 aromatic carbocycles. The minimum absolute atomic E-state index is 0.246. The SMILES string of the molecule is Cc1nnc(COc2ccc(Br)cc2CN)o1. The van der Waals surface area contributed by atoms with Gasteiger partial charge in [0.2, 0.25) is 5.89 Å². The molecule has 90 valence electrons. The van der Waals surface area contributed by atoms with Gasteiger partial charge >= 0.3 is 0 Å². The van der Waals surface area contributed by atoms with Gasteiger partial charge in [-0.2, -0.15) is 0 Å². The molecule has 0 aliphatic rings. The molecule has 2 aromatic rings. The van der Waals surface area contributed by atoms with E-state index in [1.807, 2.05) is 18.2 Å². The van der Waals surface area contributed by atoms with Crippen molar-refractivity contribution in [2.45, 2.75) is 20.1 Å². The topological polar surface area (TPSA) is 74.2 Å². The van der Waals surface area contributed by atoms with E-state index in [0.717, 1.165) is 15.8 Å². The molecule has 0 spiro atoms. The summed E-state index contributed by atoms with van der Waals surface area (Å²) in [5.41, 5.74) is 6.57. The van der Waals surface area contributed by atoms with Gasteiger partial charge in [0.1, 0.15) is 5.75 Å². The van der Waals surface area contributed by atoms with Crippen LogP contribution in [0.25, 0.3) is 0 Å². The normalized spacial score (nSPS) is 10.5. The number of hydrogen-bond acceptors (Lipinski definition) is 5. The van der Waals surface area contributed by atoms with Crippen molar-refractivity contribution >= 4 is 15.9 Å². The summed E-state index contributed by atoms with van der Waals surface area (Å²) >= 11 is 3.38. The van der Waals surface area contributed by atoms with Crippen LogP contribution in [0.1, 0.15) is 17.3 Å². The van der Waals surface area contributed by atoms with Crippen LogP contribution in [0.15, 0.2) is 27.1 Å². The van der Waals surface area contributed by atoms with Gasteiger partial charge in [0.25, 0.3) is 5.89 Å². The molecule has 0 unspecified atom stereocenters. The van der Waals surface area contributed by atoms with Crippen LogP contribution in [0, 0.1) is 6.92 Å². The highest BCUT2D eigenvalue weighted by Crippen LogP contribution is 2.23. The van der Waals surface area contributed by atoms with Crippen LogP contribution in [0.3, 0.4) is 0 Å². The van der Waals surface area contributed by atoms with E-state index in [9.17, 15) is 0 Å². The van der Waals surface area contributed by atoms with Gasteiger partial charge < -0.3 is 14.9 Å². The second-order valence-corrected chi connectivity index (χ2v) is 4.38. The van der Waals surface area contributed by atoms with Gasteiger partial charge in [-0.05, 0) is 18.2 Å². The lowest BCUT2D eigenvalue weighted by atomic mass is 10.2. The van der Waals surface area contributed by atoms with Gasteiger partial charge in [-0.3, -0.25) is 0 Å². The smallest absolute Gasteiger partial charge is 0.253 e. The third-order valence-electron chi connectivity index (χ3n) is 2.16. The van der Waals surface area contributed by atoms with E-state index < -0.39 is 0 Å². The van der Waals surface area contributed by atoms with Gasteiger partial charge in [0.15, 0.2) is 6.61 Å². The Morgan fingerprint density at radius 2 is 2.24 bits per heavy atom. The fraction of sp³-hybridized carbons (Fsp3) is 0.273. The van der Waals surface area contributed by atoms with Gasteiger partial charge in [0, 0.05) is 23.5 Å². The third kappa shape index (κ3) is 3.04. The zero-order valence-corrected chi connectivity index (χ0v) is 10.9. The summed E-state index contributed by atoms with van der Waals surface area (Å²) in [6.07, 6.45) is 0. The standard InChI is InChI=1S/C11H12BrN3O2/c1-7-14-15-11(17-7)6-16-10-3-2-9(12)4-8(10)5-13/h2-4H,5-6,13H2,1H3. The second-order valence-electron chi connectivity index (χ2n) is 3.46. The van der Waals surface area contributed by atoms with Crippen LogP contribution in [0.2, 0.25) is 0 Å². The van der Waals surface area contributed by atoms with Crippen molar-refractivity contribution in [2.24, 2.45) is 5.73 Å². The molecule has 17 heavy (non-hydrogen) atoms. The lowest BCUT2D eigenvalue weighted by Crippen LogP contribution is -2.03. The number of aromatic nitrogens is 2. The molecular weight excluding hydrogens is 286 g/mol. The minimum atomic E-state index is 0.246. The third-order valence-corrected chi connectivity index (χ3v) is 2.65. The van der Waals surface area contributed by atoms with Crippen molar-refractivity contribution in [3.8, 4) is 5.75 Å². The summed E-state index contributed by atoms with van der Waals surface area (Å²) in [5, 5.41) is 7.58. The van der Waals surface area contributed by atoms with Crippen LogP contribution >= 0.6 is 15.9 Å². The zero-order valence-electron chi connectivity index (χ0n) is 9.31. The number of rotatable bonds is 4. The molecule has 1 heterocycles. The maximum absolute atomic E-state index is 5.64. The van der Waals surface area contributed by atoms with Gasteiger partial charge in [-0.25, -0.2) is 0 Å². The number of halogens is 1. The molecule has 0 aliphatic heterocycles. The average molecular weight is 298 g/mol. The van der Waals surface area contributed by atoms with Gasteiger partial charge in [-0.15, -0.1) is 10.2 Å². The van der Waals surface area contributed by atoms with E-state index in [-0.39, 0.29) is 6.61 Å². The summed E-state index contributed by atoms with van der Waals surface area (Å²) in [6.45, 7) is 2.40. The summed E-state index contributed by atoms with van der Waals surface area (Å²) in [7, 11) is 0. The van der Waals surface area contributed by atoms with Crippen LogP contribution in [-0.2, 0) is 13.2 Å². The molecule has 1 aromatic heterocycles. The summed E-state index contributed by atoms with van der Waals surface area (Å²) in [6, 6.07) is 5.68. The van der Waals surface area contributed by atoms with Crippen LogP contribution in [-0.4, -0.2) is 10.2 Å². The summed E-state index contributed by atoms with van der Waals surface area (Å²) in [4.78, 5) is 0. The van der Waals surface area contributed by atoms with Crippen LogP contribution < -0.4 is 10.5 Å². The fourth-order valence-corrected chi connectivity index (χ4v) is 1.79. The van der Waals surface area contributed by atoms with Crippen molar-refractivity contribution in [3.05, 3.63) is 40.0 Å². The number of nitrogens with two attached hydrogens (primary N) is 1. The molecular formula is C11H12BrN3O2. The quantitative estimate of drug-likeness (QED) is 0.936. The molecule has 0 saturated heterocycles. The van der Waals surface area contributed by atoms with E-state index in [0.29, 0.717) is 18.3 Å². The lowest BCUT2D eigenvalue weighted by Gasteiger charge is -2.08. The predicted octanol–water partition coefficient (Wildman–Crippen LogP) is 2.18. The Morgan fingerprint density at radius 3 is 2.88 bits per heavy atom. The number of hydrogen-bond donors (Lipinski definition) is 1. The van der Waals surface area contributed by atoms with Crippen molar-refractivity contribution in [3.63, 3.8) is 0 Å². The Labute approximate surface area is 107 Å². The molecule has 2 rings (SSSR count). The minimum Gasteiger partial charge on any atom is -0.483 e. The maximum atomic E-state index is 5.64. The molecule has 0 aliphatic carbocycles. The highest BCUT2D eigenvalue weighted by atomic mass is 79.9. The predicted molar refractivity (Wildman–Crippen MR) is 65.4 cm³/mol.